The summed E-state index contributed by atoms with van der Waals surface area (Å²) in [6.45, 7) is -0.00953. The maximum absolute atomic E-state index is 12.7. The first-order chi connectivity index (χ1) is 13.8. The predicted molar refractivity (Wildman–Crippen MR) is 119 cm³/mol. The summed E-state index contributed by atoms with van der Waals surface area (Å²) in [6, 6.07) is 28.2. The molecule has 29 heavy (non-hydrogen) atoms. The van der Waals surface area contributed by atoms with Crippen LogP contribution < -0.4 is 15.9 Å². The van der Waals surface area contributed by atoms with Crippen molar-refractivity contribution in [2.75, 3.05) is 0 Å². The van der Waals surface area contributed by atoms with Crippen molar-refractivity contribution in [2.45, 2.75) is 13.8 Å². The van der Waals surface area contributed by atoms with Gasteiger partial charge in [0.05, 0.1) is 10.7 Å². The smallest absolute Gasteiger partial charge is 0.333 e. The molecule has 2 N–H and O–H groups in total. The van der Waals surface area contributed by atoms with Crippen LogP contribution in [-0.4, -0.2) is 27.4 Å². The molecule has 3 aromatic carbocycles. The fraction of sp³-hybridized carbons (Fsp3) is 0.125. The Morgan fingerprint density at radius 2 is 0.966 bits per heavy atom. The molecule has 0 heterocycles. The summed E-state index contributed by atoms with van der Waals surface area (Å²) in [6.07, 6.45) is 0. The third-order valence-electron chi connectivity index (χ3n) is 5.10. The third kappa shape index (κ3) is 3.52. The molecule has 0 saturated heterocycles. The molecular formula is C24H23O4P. The van der Waals surface area contributed by atoms with Crippen molar-refractivity contribution in [3.05, 3.63) is 91.0 Å². The highest BCUT2D eigenvalue weighted by Crippen LogP contribution is 2.50. The third-order valence-corrected chi connectivity index (χ3v) is 9.73. The molecule has 0 amide bonds. The highest BCUT2D eigenvalue weighted by atomic mass is 31.2. The molecule has 3 aromatic rings. The zero-order valence-electron chi connectivity index (χ0n) is 16.3. The van der Waals surface area contributed by atoms with Gasteiger partial charge < -0.3 is 10.2 Å². The van der Waals surface area contributed by atoms with Crippen molar-refractivity contribution >= 4 is 40.0 Å². The van der Waals surface area contributed by atoms with Crippen molar-refractivity contribution in [3.8, 4) is 0 Å². The first kappa shape index (κ1) is 20.6. The highest BCUT2D eigenvalue weighted by Gasteiger charge is 2.45. The van der Waals surface area contributed by atoms with Crippen molar-refractivity contribution in [2.24, 2.45) is 5.41 Å². The lowest BCUT2D eigenvalue weighted by atomic mass is 9.89. The summed E-state index contributed by atoms with van der Waals surface area (Å²) in [5, 5.41) is 22.8. The summed E-state index contributed by atoms with van der Waals surface area (Å²) in [5.41, 5.74) is -1.58. The van der Waals surface area contributed by atoms with E-state index in [1.54, 1.807) is 0 Å². The van der Waals surface area contributed by atoms with Gasteiger partial charge in [-0.05, 0) is 36.6 Å². The molecule has 148 valence electrons. The van der Waals surface area contributed by atoms with Crippen LogP contribution in [0.4, 0.5) is 0 Å². The molecule has 0 fully saturated rings. The second-order valence-corrected chi connectivity index (χ2v) is 10.6. The molecule has 0 aliphatic rings. The molecule has 0 radical (unpaired) electrons. The second-order valence-electron chi connectivity index (χ2n) is 7.26. The lowest BCUT2D eigenvalue weighted by Crippen LogP contribution is -2.44. The molecule has 0 saturated carbocycles. The Balaban J connectivity index is 2.71. The maximum atomic E-state index is 12.7. The van der Waals surface area contributed by atoms with Crippen molar-refractivity contribution in [3.63, 3.8) is 0 Å². The number of carboxylic acid groups (broad SMARTS) is 2. The van der Waals surface area contributed by atoms with Crippen molar-refractivity contribution in [1.82, 2.24) is 0 Å². The monoisotopic (exact) mass is 406 g/mol. The van der Waals surface area contributed by atoms with Crippen molar-refractivity contribution < 1.29 is 19.8 Å². The molecule has 4 nitrogen and oxygen atoms in total. The predicted octanol–water partition coefficient (Wildman–Crippen LogP) is 3.35. The zero-order valence-corrected chi connectivity index (χ0v) is 17.2. The number of hydrogen-bond donors (Lipinski definition) is 2. The van der Waals surface area contributed by atoms with Crippen LogP contribution in [0.2, 0.25) is 0 Å². The van der Waals surface area contributed by atoms with E-state index in [-0.39, 0.29) is 5.29 Å². The number of carbonyl (C=O) groups is 2. The van der Waals surface area contributed by atoms with Crippen molar-refractivity contribution in [1.29, 1.82) is 0 Å². The van der Waals surface area contributed by atoms with Gasteiger partial charge in [-0.15, -0.1) is 0 Å². The lowest BCUT2D eigenvalue weighted by molar-refractivity contribution is -0.144. The molecule has 3 rings (SSSR count). The van der Waals surface area contributed by atoms with E-state index in [0.717, 1.165) is 15.9 Å². The van der Waals surface area contributed by atoms with Gasteiger partial charge in [-0.25, -0.2) is 4.79 Å². The number of aliphatic carboxylic acids is 2. The van der Waals surface area contributed by atoms with Gasteiger partial charge in [-0.2, -0.15) is 0 Å². The van der Waals surface area contributed by atoms with Gasteiger partial charge in [-0.3, -0.25) is 4.79 Å². The first-order valence-electron chi connectivity index (χ1n) is 9.23. The summed E-state index contributed by atoms with van der Waals surface area (Å²) >= 11 is 0. The summed E-state index contributed by atoms with van der Waals surface area (Å²) in [4.78, 5) is 25.0. The Kier molecular flexibility index (Phi) is 5.76. The average molecular weight is 406 g/mol. The Hall–Kier alpha value is -3.10. The van der Waals surface area contributed by atoms with Crippen LogP contribution in [0.25, 0.3) is 0 Å². The molecule has 0 spiro atoms. The molecule has 0 aromatic heterocycles. The van der Waals surface area contributed by atoms with E-state index in [2.05, 4.69) is 0 Å². The first-order valence-corrected chi connectivity index (χ1v) is 11.0. The van der Waals surface area contributed by atoms with Crippen LogP contribution in [0.5, 0.6) is 0 Å². The van der Waals surface area contributed by atoms with Gasteiger partial charge >= 0.3 is 11.9 Å². The van der Waals surface area contributed by atoms with Gasteiger partial charge in [0.15, 0.2) is 0 Å². The fourth-order valence-electron chi connectivity index (χ4n) is 3.72. The fourth-order valence-corrected chi connectivity index (χ4v) is 8.47. The number of carboxylic acids is 2. The van der Waals surface area contributed by atoms with E-state index in [9.17, 15) is 19.8 Å². The lowest BCUT2D eigenvalue weighted by Gasteiger charge is -2.36. The van der Waals surface area contributed by atoms with E-state index >= 15 is 0 Å². The molecule has 0 aliphatic heterocycles. The van der Waals surface area contributed by atoms with E-state index in [4.69, 9.17) is 0 Å². The quantitative estimate of drug-likeness (QED) is 0.616. The van der Waals surface area contributed by atoms with Crippen LogP contribution in [0.1, 0.15) is 13.8 Å². The van der Waals surface area contributed by atoms with Gasteiger partial charge in [0.2, 0.25) is 0 Å². The molecule has 0 bridgehead atoms. The summed E-state index contributed by atoms with van der Waals surface area (Å²) < 4.78 is 0. The minimum absolute atomic E-state index is 0.00102. The Morgan fingerprint density at radius 3 is 1.21 bits per heavy atom. The largest absolute Gasteiger partial charge is 0.481 e. The van der Waals surface area contributed by atoms with E-state index in [1.807, 2.05) is 91.0 Å². The minimum Gasteiger partial charge on any atom is -0.481 e. The van der Waals surface area contributed by atoms with E-state index < -0.39 is 24.2 Å². The van der Waals surface area contributed by atoms with Gasteiger partial charge in [0, 0.05) is 0 Å². The van der Waals surface area contributed by atoms with Crippen LogP contribution in [0, 0.1) is 5.41 Å². The Bertz CT molecular complexity index is 968. The Morgan fingerprint density at radius 1 is 0.655 bits per heavy atom. The summed E-state index contributed by atoms with van der Waals surface area (Å²) in [5.74, 6) is -2.36. The van der Waals surface area contributed by atoms with Crippen LogP contribution in [0.15, 0.2) is 91.0 Å². The molecular weight excluding hydrogens is 383 g/mol. The van der Waals surface area contributed by atoms with E-state index in [1.165, 1.54) is 13.8 Å². The van der Waals surface area contributed by atoms with Crippen LogP contribution in [0.3, 0.4) is 0 Å². The molecule has 5 heteroatoms. The standard InChI is InChI=1S/C24H23O4P/c1-24(2,23(27)28)21(22(25)26)29(18-12-6-3-7-13-18,19-14-8-4-9-15-19)20-16-10-5-11-17-20/h3-17H,1-2H3,(H,25,26)(H,27,28). The minimum atomic E-state index is -2.96. The number of hydrogen-bond acceptors (Lipinski definition) is 2. The summed E-state index contributed by atoms with van der Waals surface area (Å²) in [7, 11) is 0. The average Bonchev–Trinajstić information content (AvgIpc) is 2.73. The van der Waals surface area contributed by atoms with Gasteiger partial charge in [-0.1, -0.05) is 91.0 Å². The SMILES string of the molecule is CC(C)(C(=O)O)C(C(=O)O)=P(c1ccccc1)(c1ccccc1)c1ccccc1. The topological polar surface area (TPSA) is 74.6 Å². The second kappa shape index (κ2) is 8.10. The van der Waals surface area contributed by atoms with Gasteiger partial charge in [0.25, 0.3) is 0 Å². The number of benzene rings is 3. The zero-order chi connectivity index (χ0) is 21.1. The number of rotatable bonds is 6. The molecule has 0 atom stereocenters. The Labute approximate surface area is 170 Å². The molecule has 0 unspecified atom stereocenters. The highest BCUT2D eigenvalue weighted by molar-refractivity contribution is 7.96. The maximum Gasteiger partial charge on any atom is 0.333 e. The van der Waals surface area contributed by atoms with Crippen LogP contribution in [-0.2, 0) is 9.59 Å². The normalized spacial score (nSPS) is 11.7. The van der Waals surface area contributed by atoms with E-state index in [0.29, 0.717) is 0 Å². The van der Waals surface area contributed by atoms with Gasteiger partial charge in [0.1, 0.15) is 0 Å². The van der Waals surface area contributed by atoms with Crippen LogP contribution >= 0.6 is 6.89 Å². The molecule has 0 aliphatic carbocycles.